The number of hydrogen-bond acceptors (Lipinski definition) is 5. The van der Waals surface area contributed by atoms with E-state index >= 15 is 0 Å². The monoisotopic (exact) mass is 294 g/mol. The smallest absolute Gasteiger partial charge is 0.0954 e. The lowest BCUT2D eigenvalue weighted by Crippen LogP contribution is -2.29. The molecule has 0 fully saturated rings. The summed E-state index contributed by atoms with van der Waals surface area (Å²) in [6, 6.07) is 8.68. The number of para-hydroxylation sites is 1. The van der Waals surface area contributed by atoms with Gasteiger partial charge in [0.05, 0.1) is 28.4 Å². The van der Waals surface area contributed by atoms with Gasteiger partial charge in [-0.25, -0.2) is 4.98 Å². The molecule has 0 aliphatic carbocycles. The van der Waals surface area contributed by atoms with E-state index in [0.717, 1.165) is 25.0 Å². The fraction of sp³-hybridized carbons (Fsp3) is 0.533. The molecule has 0 amide bonds. The standard InChI is InChI=1S/C15H22N2O2S/c1-16-12(7-8-19-10-9-18-2)11-15-17-13-5-3-4-6-14(13)20-15/h3-6,12,16H,7-11H2,1-2H3. The maximum absolute atomic E-state index is 5.52. The van der Waals surface area contributed by atoms with E-state index in [4.69, 9.17) is 9.47 Å². The molecule has 2 rings (SSSR count). The Balaban J connectivity index is 1.82. The van der Waals surface area contributed by atoms with Gasteiger partial charge in [0, 0.05) is 26.2 Å². The van der Waals surface area contributed by atoms with Gasteiger partial charge >= 0.3 is 0 Å². The third-order valence-electron chi connectivity index (χ3n) is 3.21. The molecule has 1 heterocycles. The van der Waals surface area contributed by atoms with E-state index in [2.05, 4.69) is 28.5 Å². The number of fused-ring (bicyclic) bond motifs is 1. The minimum atomic E-state index is 0.401. The highest BCUT2D eigenvalue weighted by molar-refractivity contribution is 7.18. The van der Waals surface area contributed by atoms with Crippen LogP contribution in [0.1, 0.15) is 11.4 Å². The third kappa shape index (κ3) is 4.52. The topological polar surface area (TPSA) is 43.4 Å². The second-order valence-corrected chi connectivity index (χ2v) is 5.77. The van der Waals surface area contributed by atoms with E-state index in [1.807, 2.05) is 13.1 Å². The molecule has 2 aromatic rings. The number of methoxy groups -OCH3 is 1. The molecule has 0 saturated heterocycles. The van der Waals surface area contributed by atoms with Gasteiger partial charge in [-0.1, -0.05) is 12.1 Å². The van der Waals surface area contributed by atoms with Crippen molar-refractivity contribution < 1.29 is 9.47 Å². The number of aromatic nitrogens is 1. The number of nitrogens with one attached hydrogen (secondary N) is 1. The van der Waals surface area contributed by atoms with Gasteiger partial charge in [-0.2, -0.15) is 0 Å². The molecular weight excluding hydrogens is 272 g/mol. The second kappa shape index (κ2) is 8.32. The number of ether oxygens (including phenoxy) is 2. The summed E-state index contributed by atoms with van der Waals surface area (Å²) in [4.78, 5) is 4.68. The average molecular weight is 294 g/mol. The minimum Gasteiger partial charge on any atom is -0.382 e. The predicted octanol–water partition coefficient (Wildman–Crippen LogP) is 2.48. The first-order valence-corrected chi connectivity index (χ1v) is 7.73. The molecule has 0 aliphatic heterocycles. The van der Waals surface area contributed by atoms with Crippen LogP contribution < -0.4 is 5.32 Å². The van der Waals surface area contributed by atoms with Crippen LogP contribution in [0.15, 0.2) is 24.3 Å². The van der Waals surface area contributed by atoms with Crippen LogP contribution >= 0.6 is 11.3 Å². The van der Waals surface area contributed by atoms with Crippen molar-refractivity contribution in [2.45, 2.75) is 18.9 Å². The van der Waals surface area contributed by atoms with Crippen LogP contribution in [0.4, 0.5) is 0 Å². The number of thiazole rings is 1. The van der Waals surface area contributed by atoms with Gasteiger partial charge in [-0.3, -0.25) is 0 Å². The quantitative estimate of drug-likeness (QED) is 0.722. The summed E-state index contributed by atoms with van der Waals surface area (Å²) in [5.74, 6) is 0. The Morgan fingerprint density at radius 2 is 2.10 bits per heavy atom. The van der Waals surface area contributed by atoms with Gasteiger partial charge in [0.15, 0.2) is 0 Å². The number of benzene rings is 1. The van der Waals surface area contributed by atoms with E-state index in [1.54, 1.807) is 18.4 Å². The van der Waals surface area contributed by atoms with Crippen LogP contribution in [0.5, 0.6) is 0 Å². The van der Waals surface area contributed by atoms with Crippen molar-refractivity contribution in [3.05, 3.63) is 29.3 Å². The summed E-state index contributed by atoms with van der Waals surface area (Å²) in [6.45, 7) is 2.07. The molecule has 20 heavy (non-hydrogen) atoms. The summed E-state index contributed by atoms with van der Waals surface area (Å²) >= 11 is 1.78. The summed E-state index contributed by atoms with van der Waals surface area (Å²) in [5, 5.41) is 4.52. The third-order valence-corrected chi connectivity index (χ3v) is 4.27. The van der Waals surface area contributed by atoms with Crippen molar-refractivity contribution in [2.75, 3.05) is 34.0 Å². The van der Waals surface area contributed by atoms with Crippen molar-refractivity contribution in [1.82, 2.24) is 10.3 Å². The van der Waals surface area contributed by atoms with Crippen LogP contribution in [0.3, 0.4) is 0 Å². The molecule has 0 saturated carbocycles. The highest BCUT2D eigenvalue weighted by Crippen LogP contribution is 2.22. The maximum atomic E-state index is 5.52. The van der Waals surface area contributed by atoms with Gasteiger partial charge in [0.25, 0.3) is 0 Å². The summed E-state index contributed by atoms with van der Waals surface area (Å²) in [5.41, 5.74) is 1.10. The second-order valence-electron chi connectivity index (χ2n) is 4.66. The fourth-order valence-corrected chi connectivity index (χ4v) is 3.08. The lowest BCUT2D eigenvalue weighted by Gasteiger charge is -2.14. The van der Waals surface area contributed by atoms with Gasteiger partial charge < -0.3 is 14.8 Å². The van der Waals surface area contributed by atoms with Gasteiger partial charge in [-0.15, -0.1) is 11.3 Å². The van der Waals surface area contributed by atoms with E-state index in [0.29, 0.717) is 19.3 Å². The van der Waals surface area contributed by atoms with Crippen molar-refractivity contribution in [3.63, 3.8) is 0 Å². The number of rotatable bonds is 9. The summed E-state index contributed by atoms with van der Waals surface area (Å²) < 4.78 is 11.7. The van der Waals surface area contributed by atoms with Crippen molar-refractivity contribution in [1.29, 1.82) is 0 Å². The Kier molecular flexibility index (Phi) is 6.39. The predicted molar refractivity (Wildman–Crippen MR) is 83.5 cm³/mol. The maximum Gasteiger partial charge on any atom is 0.0954 e. The normalized spacial score (nSPS) is 12.9. The largest absolute Gasteiger partial charge is 0.382 e. The van der Waals surface area contributed by atoms with Crippen molar-refractivity contribution >= 4 is 21.6 Å². The van der Waals surface area contributed by atoms with Gasteiger partial charge in [0.1, 0.15) is 0 Å². The minimum absolute atomic E-state index is 0.401. The molecule has 1 aromatic heterocycles. The number of likely N-dealkylation sites (N-methyl/N-ethyl adjacent to an activating group) is 1. The molecule has 0 radical (unpaired) electrons. The lowest BCUT2D eigenvalue weighted by molar-refractivity contribution is 0.0661. The summed E-state index contributed by atoms with van der Waals surface area (Å²) in [7, 11) is 3.68. The molecule has 4 nitrogen and oxygen atoms in total. The van der Waals surface area contributed by atoms with E-state index in [1.165, 1.54) is 9.71 Å². The van der Waals surface area contributed by atoms with Crippen LogP contribution in [-0.4, -0.2) is 45.0 Å². The van der Waals surface area contributed by atoms with Crippen LogP contribution in [0.2, 0.25) is 0 Å². The molecule has 1 atom stereocenters. The first-order valence-electron chi connectivity index (χ1n) is 6.92. The molecule has 1 aromatic carbocycles. The molecule has 0 bridgehead atoms. The molecule has 5 heteroatoms. The molecule has 110 valence electrons. The number of nitrogens with zero attached hydrogens (tertiary/aromatic N) is 1. The lowest BCUT2D eigenvalue weighted by atomic mass is 10.1. The Morgan fingerprint density at radius 3 is 2.85 bits per heavy atom. The Labute approximate surface area is 124 Å². The molecular formula is C15H22N2O2S. The zero-order valence-corrected chi connectivity index (χ0v) is 12.9. The first-order chi connectivity index (χ1) is 9.83. The molecule has 0 spiro atoms. The Bertz CT molecular complexity index is 482. The van der Waals surface area contributed by atoms with Crippen LogP contribution in [0, 0.1) is 0 Å². The molecule has 1 unspecified atom stereocenters. The van der Waals surface area contributed by atoms with Crippen molar-refractivity contribution in [2.24, 2.45) is 0 Å². The summed E-state index contributed by atoms with van der Waals surface area (Å²) in [6.07, 6.45) is 1.93. The molecule has 1 N–H and O–H groups in total. The van der Waals surface area contributed by atoms with Gasteiger partial charge in [-0.05, 0) is 25.6 Å². The SMILES string of the molecule is CNC(CCOCCOC)Cc1nc2ccccc2s1. The number of hydrogen-bond donors (Lipinski definition) is 1. The van der Waals surface area contributed by atoms with Crippen LogP contribution in [-0.2, 0) is 15.9 Å². The first kappa shape index (κ1) is 15.4. The Hall–Kier alpha value is -1.01. The molecule has 0 aliphatic rings. The van der Waals surface area contributed by atoms with E-state index in [-0.39, 0.29) is 0 Å². The van der Waals surface area contributed by atoms with Crippen molar-refractivity contribution in [3.8, 4) is 0 Å². The van der Waals surface area contributed by atoms with E-state index < -0.39 is 0 Å². The zero-order valence-electron chi connectivity index (χ0n) is 12.1. The Morgan fingerprint density at radius 1 is 1.25 bits per heavy atom. The van der Waals surface area contributed by atoms with Crippen LogP contribution in [0.25, 0.3) is 10.2 Å². The fourth-order valence-electron chi connectivity index (χ4n) is 2.04. The van der Waals surface area contributed by atoms with E-state index in [9.17, 15) is 0 Å². The highest BCUT2D eigenvalue weighted by Gasteiger charge is 2.11. The zero-order chi connectivity index (χ0) is 14.2. The average Bonchev–Trinajstić information content (AvgIpc) is 2.88. The van der Waals surface area contributed by atoms with Gasteiger partial charge in [0.2, 0.25) is 0 Å². The highest BCUT2D eigenvalue weighted by atomic mass is 32.1.